The zero-order valence-corrected chi connectivity index (χ0v) is 16.7. The van der Waals surface area contributed by atoms with E-state index < -0.39 is 17.6 Å². The van der Waals surface area contributed by atoms with Crippen LogP contribution in [0.3, 0.4) is 0 Å². The summed E-state index contributed by atoms with van der Waals surface area (Å²) in [5.41, 5.74) is -0.856. The average molecular weight is 411 g/mol. The van der Waals surface area contributed by atoms with Crippen molar-refractivity contribution < 1.29 is 28.2 Å². The fourth-order valence-corrected chi connectivity index (χ4v) is 2.55. The molecule has 29 heavy (non-hydrogen) atoms. The van der Waals surface area contributed by atoms with E-state index in [1.807, 2.05) is 0 Å². The standard InChI is InChI=1S/C14H10F3NO2.C8H18O/c15-14(16,17)9-4-3-5-10(8-9)18-13(20)11-6-1-2-7-12(11)19;1-3-5-7-8(9)6-4-2/h1-8,19H,(H,18,20);8-9H,3-7H2,1-2H3. The van der Waals surface area contributed by atoms with Crippen LogP contribution >= 0.6 is 0 Å². The molecule has 0 spiro atoms. The van der Waals surface area contributed by atoms with Gasteiger partial charge in [0.15, 0.2) is 0 Å². The number of anilines is 1. The van der Waals surface area contributed by atoms with Crippen molar-refractivity contribution in [3.8, 4) is 5.75 Å². The number of carbonyl (C=O) groups excluding carboxylic acids is 1. The summed E-state index contributed by atoms with van der Waals surface area (Å²) in [6.45, 7) is 4.26. The number of phenolic OH excluding ortho intramolecular Hbond substituents is 1. The van der Waals surface area contributed by atoms with E-state index in [4.69, 9.17) is 0 Å². The van der Waals surface area contributed by atoms with Crippen molar-refractivity contribution in [2.45, 2.75) is 58.2 Å². The number of para-hydroxylation sites is 1. The second-order valence-electron chi connectivity index (χ2n) is 6.63. The summed E-state index contributed by atoms with van der Waals surface area (Å²) in [6, 6.07) is 10.1. The lowest BCUT2D eigenvalue weighted by Crippen LogP contribution is -2.13. The number of nitrogens with one attached hydrogen (secondary N) is 1. The van der Waals surface area contributed by atoms with Gasteiger partial charge in [-0.2, -0.15) is 13.2 Å². The summed E-state index contributed by atoms with van der Waals surface area (Å²) in [5.74, 6) is -0.917. The largest absolute Gasteiger partial charge is 0.507 e. The minimum atomic E-state index is -4.48. The van der Waals surface area contributed by atoms with Crippen LogP contribution in [0.15, 0.2) is 48.5 Å². The second kappa shape index (κ2) is 12.1. The van der Waals surface area contributed by atoms with Gasteiger partial charge < -0.3 is 15.5 Å². The predicted molar refractivity (Wildman–Crippen MR) is 108 cm³/mol. The van der Waals surface area contributed by atoms with E-state index in [1.54, 1.807) is 6.07 Å². The highest BCUT2D eigenvalue weighted by Crippen LogP contribution is 2.30. The lowest BCUT2D eigenvalue weighted by Gasteiger charge is -2.10. The Bertz CT molecular complexity index is 763. The Morgan fingerprint density at radius 2 is 1.72 bits per heavy atom. The van der Waals surface area contributed by atoms with Crippen LogP contribution in [-0.2, 0) is 6.18 Å². The molecule has 7 heteroatoms. The average Bonchev–Trinajstić information content (AvgIpc) is 2.67. The van der Waals surface area contributed by atoms with Gasteiger partial charge in [-0.3, -0.25) is 4.79 Å². The number of amides is 1. The Morgan fingerprint density at radius 1 is 1.03 bits per heavy atom. The first-order chi connectivity index (χ1) is 13.7. The third kappa shape index (κ3) is 9.00. The van der Waals surface area contributed by atoms with Gasteiger partial charge >= 0.3 is 6.18 Å². The Kier molecular flexibility index (Phi) is 10.2. The molecule has 2 rings (SSSR count). The quantitative estimate of drug-likeness (QED) is 0.523. The maximum atomic E-state index is 12.5. The summed E-state index contributed by atoms with van der Waals surface area (Å²) in [6.07, 6.45) is 0.919. The fraction of sp³-hybridized carbons (Fsp3) is 0.409. The van der Waals surface area contributed by atoms with Crippen LogP contribution in [0.5, 0.6) is 5.75 Å². The number of alkyl halides is 3. The van der Waals surface area contributed by atoms with Crippen molar-refractivity contribution in [3.63, 3.8) is 0 Å². The molecular weight excluding hydrogens is 383 g/mol. The van der Waals surface area contributed by atoms with E-state index in [2.05, 4.69) is 19.2 Å². The molecule has 0 radical (unpaired) electrons. The maximum absolute atomic E-state index is 12.5. The van der Waals surface area contributed by atoms with E-state index in [0.29, 0.717) is 0 Å². The van der Waals surface area contributed by atoms with E-state index in [1.165, 1.54) is 43.2 Å². The van der Waals surface area contributed by atoms with Gasteiger partial charge in [0.1, 0.15) is 5.75 Å². The van der Waals surface area contributed by atoms with Crippen LogP contribution < -0.4 is 5.32 Å². The van der Waals surface area contributed by atoms with E-state index in [0.717, 1.165) is 31.4 Å². The molecule has 0 saturated heterocycles. The van der Waals surface area contributed by atoms with Gasteiger partial charge in [-0.05, 0) is 43.2 Å². The van der Waals surface area contributed by atoms with Crippen molar-refractivity contribution in [1.29, 1.82) is 0 Å². The molecule has 2 aromatic carbocycles. The Balaban J connectivity index is 0.000000396. The zero-order chi connectivity index (χ0) is 21.9. The Hall–Kier alpha value is -2.54. The molecule has 0 fully saturated rings. The second-order valence-corrected chi connectivity index (χ2v) is 6.63. The van der Waals surface area contributed by atoms with Crippen LogP contribution in [0.1, 0.15) is 61.9 Å². The van der Waals surface area contributed by atoms with Gasteiger partial charge in [0.05, 0.1) is 17.2 Å². The number of rotatable bonds is 7. The van der Waals surface area contributed by atoms with Crippen LogP contribution in [0, 0.1) is 0 Å². The molecule has 2 aromatic rings. The number of aliphatic hydroxyl groups excluding tert-OH is 1. The lowest BCUT2D eigenvalue weighted by molar-refractivity contribution is -0.137. The molecule has 0 heterocycles. The number of unbranched alkanes of at least 4 members (excludes halogenated alkanes) is 1. The molecule has 1 unspecified atom stereocenters. The molecule has 1 atom stereocenters. The number of aromatic hydroxyl groups is 1. The SMILES string of the molecule is CCCCC(O)CCC.O=C(Nc1cccc(C(F)(F)F)c1)c1ccccc1O. The highest BCUT2D eigenvalue weighted by molar-refractivity contribution is 6.06. The maximum Gasteiger partial charge on any atom is 0.416 e. The number of hydrogen-bond acceptors (Lipinski definition) is 3. The number of phenols is 1. The first-order valence-corrected chi connectivity index (χ1v) is 9.63. The van der Waals surface area contributed by atoms with Crippen LogP contribution in [-0.4, -0.2) is 22.2 Å². The Morgan fingerprint density at radius 3 is 2.31 bits per heavy atom. The van der Waals surface area contributed by atoms with Crippen LogP contribution in [0.4, 0.5) is 18.9 Å². The van der Waals surface area contributed by atoms with E-state index in [-0.39, 0.29) is 23.1 Å². The van der Waals surface area contributed by atoms with Crippen LogP contribution in [0.25, 0.3) is 0 Å². The first kappa shape index (κ1) is 24.5. The van der Waals surface area contributed by atoms with E-state index in [9.17, 15) is 28.2 Å². The fourth-order valence-electron chi connectivity index (χ4n) is 2.55. The summed E-state index contributed by atoms with van der Waals surface area (Å²) in [7, 11) is 0. The molecular formula is C22H28F3NO3. The lowest BCUT2D eigenvalue weighted by atomic mass is 10.1. The van der Waals surface area contributed by atoms with Gasteiger partial charge in [-0.1, -0.05) is 51.3 Å². The molecule has 3 N–H and O–H groups in total. The first-order valence-electron chi connectivity index (χ1n) is 9.63. The molecule has 0 aliphatic heterocycles. The van der Waals surface area contributed by atoms with Gasteiger partial charge in [-0.15, -0.1) is 0 Å². The number of benzene rings is 2. The number of hydrogen-bond donors (Lipinski definition) is 3. The van der Waals surface area contributed by atoms with Crippen molar-refractivity contribution in [1.82, 2.24) is 0 Å². The summed E-state index contributed by atoms with van der Waals surface area (Å²) < 4.78 is 37.6. The number of carbonyl (C=O) groups is 1. The summed E-state index contributed by atoms with van der Waals surface area (Å²) >= 11 is 0. The normalized spacial score (nSPS) is 11.9. The summed E-state index contributed by atoms with van der Waals surface area (Å²) in [4.78, 5) is 11.8. The van der Waals surface area contributed by atoms with Crippen molar-refractivity contribution in [3.05, 3.63) is 59.7 Å². The minimum Gasteiger partial charge on any atom is -0.507 e. The molecule has 160 valence electrons. The van der Waals surface area contributed by atoms with Gasteiger partial charge in [0.2, 0.25) is 0 Å². The molecule has 1 amide bonds. The molecule has 0 aliphatic rings. The zero-order valence-electron chi connectivity index (χ0n) is 16.7. The predicted octanol–water partition coefficient (Wildman–Crippen LogP) is 6.00. The van der Waals surface area contributed by atoms with Crippen molar-refractivity contribution in [2.24, 2.45) is 0 Å². The topological polar surface area (TPSA) is 69.6 Å². The number of aliphatic hydroxyl groups is 1. The van der Waals surface area contributed by atoms with Gasteiger partial charge in [0, 0.05) is 5.69 Å². The highest BCUT2D eigenvalue weighted by Gasteiger charge is 2.30. The smallest absolute Gasteiger partial charge is 0.416 e. The summed E-state index contributed by atoms with van der Waals surface area (Å²) in [5, 5.41) is 21.0. The molecule has 0 aromatic heterocycles. The molecule has 0 bridgehead atoms. The monoisotopic (exact) mass is 411 g/mol. The van der Waals surface area contributed by atoms with Crippen molar-refractivity contribution >= 4 is 11.6 Å². The van der Waals surface area contributed by atoms with Gasteiger partial charge in [-0.25, -0.2) is 0 Å². The highest BCUT2D eigenvalue weighted by atomic mass is 19.4. The number of halogens is 3. The third-order valence-corrected chi connectivity index (χ3v) is 4.11. The molecule has 0 aliphatic carbocycles. The minimum absolute atomic E-state index is 0.00748. The van der Waals surface area contributed by atoms with Crippen LogP contribution in [0.2, 0.25) is 0 Å². The Labute approximate surface area is 169 Å². The van der Waals surface area contributed by atoms with E-state index >= 15 is 0 Å². The molecule has 0 saturated carbocycles. The third-order valence-electron chi connectivity index (χ3n) is 4.11. The van der Waals surface area contributed by atoms with Crippen molar-refractivity contribution in [2.75, 3.05) is 5.32 Å². The molecule has 4 nitrogen and oxygen atoms in total. The van der Waals surface area contributed by atoms with Gasteiger partial charge in [0.25, 0.3) is 5.91 Å².